The first-order valence-corrected chi connectivity index (χ1v) is 12.4. The highest BCUT2D eigenvalue weighted by Crippen LogP contribution is 2.45. The van der Waals surface area contributed by atoms with Crippen molar-refractivity contribution in [2.24, 2.45) is 0 Å². The molecule has 0 unspecified atom stereocenters. The third-order valence-corrected chi connectivity index (χ3v) is 6.89. The van der Waals surface area contributed by atoms with Gasteiger partial charge in [-0.1, -0.05) is 70.2 Å². The molecule has 2 N–H and O–H groups in total. The Morgan fingerprint density at radius 1 is 0.688 bits per heavy atom. The van der Waals surface area contributed by atoms with Gasteiger partial charge in [0.05, 0.1) is 13.2 Å². The summed E-state index contributed by atoms with van der Waals surface area (Å²) in [6.07, 6.45) is 10.5. The Labute approximate surface area is 193 Å². The lowest BCUT2D eigenvalue weighted by Crippen LogP contribution is -2.29. The summed E-state index contributed by atoms with van der Waals surface area (Å²) in [4.78, 5) is 0. The molecule has 176 valence electrons. The molecule has 0 heterocycles. The van der Waals surface area contributed by atoms with E-state index >= 15 is 0 Å². The summed E-state index contributed by atoms with van der Waals surface area (Å²) in [7, 11) is 0. The van der Waals surface area contributed by atoms with Crippen LogP contribution >= 0.6 is 0 Å². The molecule has 0 aromatic heterocycles. The molecule has 1 fully saturated rings. The van der Waals surface area contributed by atoms with E-state index in [0.717, 1.165) is 37.2 Å². The van der Waals surface area contributed by atoms with Gasteiger partial charge in [0.25, 0.3) is 0 Å². The van der Waals surface area contributed by atoms with Crippen molar-refractivity contribution >= 4 is 0 Å². The highest BCUT2D eigenvalue weighted by molar-refractivity contribution is 5.49. The molecule has 2 aromatic carbocycles. The van der Waals surface area contributed by atoms with Crippen molar-refractivity contribution < 1.29 is 19.7 Å². The van der Waals surface area contributed by atoms with Crippen LogP contribution in [0.3, 0.4) is 0 Å². The molecule has 2 aromatic rings. The topological polar surface area (TPSA) is 58.9 Å². The summed E-state index contributed by atoms with van der Waals surface area (Å²) in [5, 5.41) is 18.3. The van der Waals surface area contributed by atoms with Crippen molar-refractivity contribution in [2.45, 2.75) is 77.0 Å². The minimum Gasteiger partial charge on any atom is -0.491 e. The van der Waals surface area contributed by atoms with Gasteiger partial charge in [-0.05, 0) is 60.1 Å². The lowest BCUT2D eigenvalue weighted by Gasteiger charge is -2.38. The number of hydrogen-bond donors (Lipinski definition) is 2. The SMILES string of the molecule is CCc1cc(C2(c3ccc(OCCO)c(CC)c3)CCCCCCC2)ccc1OCCO. The Bertz CT molecular complexity index is 776. The van der Waals surface area contributed by atoms with Gasteiger partial charge in [-0.2, -0.15) is 0 Å². The normalized spacial score (nSPS) is 16.2. The third-order valence-electron chi connectivity index (χ3n) is 6.89. The summed E-state index contributed by atoms with van der Waals surface area (Å²) < 4.78 is 11.6. The van der Waals surface area contributed by atoms with E-state index in [2.05, 4.69) is 50.2 Å². The van der Waals surface area contributed by atoms with Crippen LogP contribution in [0.4, 0.5) is 0 Å². The predicted molar refractivity (Wildman–Crippen MR) is 130 cm³/mol. The van der Waals surface area contributed by atoms with Crippen LogP contribution in [0.1, 0.15) is 81.0 Å². The Morgan fingerprint density at radius 3 is 1.53 bits per heavy atom. The second-order valence-electron chi connectivity index (χ2n) is 8.85. The Morgan fingerprint density at radius 2 is 1.12 bits per heavy atom. The molecular weight excluding hydrogens is 400 g/mol. The molecule has 1 saturated carbocycles. The molecule has 3 rings (SSSR count). The Kier molecular flexibility index (Phi) is 9.43. The molecule has 4 nitrogen and oxygen atoms in total. The minimum absolute atomic E-state index is 0.0146. The molecule has 1 aliphatic rings. The molecule has 1 aliphatic carbocycles. The molecule has 0 atom stereocenters. The Hall–Kier alpha value is -2.04. The van der Waals surface area contributed by atoms with Crippen molar-refractivity contribution in [3.05, 3.63) is 58.7 Å². The van der Waals surface area contributed by atoms with Crippen molar-refractivity contribution in [1.82, 2.24) is 0 Å². The van der Waals surface area contributed by atoms with Crippen molar-refractivity contribution in [3.8, 4) is 11.5 Å². The monoisotopic (exact) mass is 440 g/mol. The molecule has 0 amide bonds. The van der Waals surface area contributed by atoms with E-state index in [0.29, 0.717) is 13.2 Å². The van der Waals surface area contributed by atoms with Crippen LogP contribution in [0, 0.1) is 0 Å². The molecule has 0 saturated heterocycles. The number of aliphatic hydroxyl groups excluding tert-OH is 2. The first-order chi connectivity index (χ1) is 15.7. The fourth-order valence-corrected chi connectivity index (χ4v) is 5.15. The van der Waals surface area contributed by atoms with Gasteiger partial charge in [0, 0.05) is 5.41 Å². The minimum atomic E-state index is -0.0146. The number of ether oxygens (including phenoxy) is 2. The van der Waals surface area contributed by atoms with Crippen LogP contribution < -0.4 is 9.47 Å². The largest absolute Gasteiger partial charge is 0.491 e. The van der Waals surface area contributed by atoms with E-state index < -0.39 is 0 Å². The van der Waals surface area contributed by atoms with Gasteiger partial charge in [0.15, 0.2) is 0 Å². The summed E-state index contributed by atoms with van der Waals surface area (Å²) in [6, 6.07) is 13.4. The van der Waals surface area contributed by atoms with Gasteiger partial charge >= 0.3 is 0 Å². The summed E-state index contributed by atoms with van der Waals surface area (Å²) in [5.74, 6) is 1.77. The molecule has 0 spiro atoms. The summed E-state index contributed by atoms with van der Waals surface area (Å²) >= 11 is 0. The van der Waals surface area contributed by atoms with E-state index in [-0.39, 0.29) is 18.6 Å². The zero-order valence-electron chi connectivity index (χ0n) is 19.9. The van der Waals surface area contributed by atoms with Gasteiger partial charge in [-0.15, -0.1) is 0 Å². The van der Waals surface area contributed by atoms with Crippen LogP contribution in [0.25, 0.3) is 0 Å². The quantitative estimate of drug-likeness (QED) is 0.506. The maximum absolute atomic E-state index is 9.17. The second-order valence-corrected chi connectivity index (χ2v) is 8.85. The third kappa shape index (κ3) is 5.65. The first kappa shape index (κ1) is 24.6. The Balaban J connectivity index is 2.07. The fourth-order valence-electron chi connectivity index (χ4n) is 5.15. The van der Waals surface area contributed by atoms with Crippen molar-refractivity contribution in [1.29, 1.82) is 0 Å². The molecule has 32 heavy (non-hydrogen) atoms. The summed E-state index contributed by atoms with van der Waals surface area (Å²) in [6.45, 7) is 5.04. The zero-order valence-corrected chi connectivity index (χ0v) is 19.9. The molecule has 0 bridgehead atoms. The number of hydrogen-bond acceptors (Lipinski definition) is 4. The van der Waals surface area contributed by atoms with Crippen LogP contribution in [0.5, 0.6) is 11.5 Å². The predicted octanol–water partition coefficient (Wildman–Crippen LogP) is 5.58. The van der Waals surface area contributed by atoms with E-state index in [1.54, 1.807) is 0 Å². The maximum atomic E-state index is 9.17. The lowest BCUT2D eigenvalue weighted by atomic mass is 9.66. The second kappa shape index (κ2) is 12.3. The molecular formula is C28H40O4. The van der Waals surface area contributed by atoms with E-state index in [9.17, 15) is 10.2 Å². The molecule has 0 aliphatic heterocycles. The smallest absolute Gasteiger partial charge is 0.122 e. The van der Waals surface area contributed by atoms with Gasteiger partial charge in [-0.3, -0.25) is 0 Å². The molecule has 4 heteroatoms. The van der Waals surface area contributed by atoms with Gasteiger partial charge in [0.1, 0.15) is 24.7 Å². The van der Waals surface area contributed by atoms with E-state index in [1.807, 2.05) is 0 Å². The van der Waals surface area contributed by atoms with Crippen LogP contribution in [-0.4, -0.2) is 36.6 Å². The highest BCUT2D eigenvalue weighted by Gasteiger charge is 2.35. The van der Waals surface area contributed by atoms with Crippen LogP contribution in [0.2, 0.25) is 0 Å². The summed E-state index contributed by atoms with van der Waals surface area (Å²) in [5.41, 5.74) is 5.14. The van der Waals surface area contributed by atoms with Gasteiger partial charge in [-0.25, -0.2) is 0 Å². The van der Waals surface area contributed by atoms with E-state index in [1.165, 1.54) is 54.4 Å². The van der Waals surface area contributed by atoms with Crippen molar-refractivity contribution in [2.75, 3.05) is 26.4 Å². The van der Waals surface area contributed by atoms with E-state index in [4.69, 9.17) is 9.47 Å². The van der Waals surface area contributed by atoms with Gasteiger partial charge in [0.2, 0.25) is 0 Å². The molecule has 0 radical (unpaired) electrons. The first-order valence-electron chi connectivity index (χ1n) is 12.4. The lowest BCUT2D eigenvalue weighted by molar-refractivity contribution is 0.200. The number of aliphatic hydroxyl groups is 2. The number of aryl methyl sites for hydroxylation is 2. The number of rotatable bonds is 10. The number of benzene rings is 2. The maximum Gasteiger partial charge on any atom is 0.122 e. The zero-order chi connectivity index (χ0) is 22.8. The van der Waals surface area contributed by atoms with Crippen LogP contribution in [-0.2, 0) is 18.3 Å². The van der Waals surface area contributed by atoms with Gasteiger partial charge < -0.3 is 19.7 Å². The average Bonchev–Trinajstić information content (AvgIpc) is 2.81. The average molecular weight is 441 g/mol. The van der Waals surface area contributed by atoms with Crippen molar-refractivity contribution in [3.63, 3.8) is 0 Å². The fraction of sp³-hybridized carbons (Fsp3) is 0.571. The van der Waals surface area contributed by atoms with Crippen LogP contribution in [0.15, 0.2) is 36.4 Å². The highest BCUT2D eigenvalue weighted by atomic mass is 16.5. The standard InChI is InChI=1S/C28H40O4/c1-3-22-20-24(10-12-26(22)31-18-16-29)28(14-8-6-5-7-9-15-28)25-11-13-27(32-19-17-30)23(4-2)21-25/h10-13,20-21,29-30H,3-9,14-19H2,1-2H3.